The molecule has 5 N–H and O–H groups in total. The molecule has 0 aliphatic rings. The van der Waals surface area contributed by atoms with E-state index in [-0.39, 0.29) is 0 Å². The standard InChI is InChI=1S/C12H27N3O/c1-16-12(14)15-11-9-7-5-3-2-4-6-8-10-13/h2-11,13H2,1H3,(H2,14,15)/p+1/i/hT. The van der Waals surface area contributed by atoms with Crippen molar-refractivity contribution >= 4 is 6.02 Å². The molecule has 0 fully saturated rings. The van der Waals surface area contributed by atoms with E-state index in [1.807, 2.05) is 0 Å². The van der Waals surface area contributed by atoms with Crippen LogP contribution in [0.2, 0.25) is 1.41 Å². The van der Waals surface area contributed by atoms with Gasteiger partial charge in [-0.2, -0.15) is 0 Å². The van der Waals surface area contributed by atoms with Crippen molar-refractivity contribution in [3.05, 3.63) is 0 Å². The third-order valence-corrected chi connectivity index (χ3v) is 2.62. The van der Waals surface area contributed by atoms with Crippen LogP contribution in [0.1, 0.15) is 51.4 Å². The lowest BCUT2D eigenvalue weighted by atomic mass is 10.1. The van der Waals surface area contributed by atoms with Crippen LogP contribution in [-0.4, -0.2) is 26.2 Å². The Morgan fingerprint density at radius 2 is 1.62 bits per heavy atom. The first kappa shape index (κ1) is 13.3. The number of methoxy groups -OCH3 is 1. The van der Waals surface area contributed by atoms with Crippen LogP contribution < -0.4 is 16.5 Å². The highest BCUT2D eigenvalue weighted by molar-refractivity contribution is 5.64. The number of nitrogens with two attached hydrogens (primary N) is 2. The number of rotatable bonds is 11. The Morgan fingerprint density at radius 1 is 1.06 bits per heavy atom. The molecule has 0 bridgehead atoms. The van der Waals surface area contributed by atoms with Crippen LogP contribution >= 0.6 is 0 Å². The molecule has 0 amide bonds. The average molecular weight is 232 g/mol. The van der Waals surface area contributed by atoms with E-state index in [2.05, 4.69) is 10.7 Å². The normalized spacial score (nSPS) is 12.6. The summed E-state index contributed by atoms with van der Waals surface area (Å²) in [5, 5.41) is 0. The smallest absolute Gasteiger partial charge is 0.435 e. The third-order valence-electron chi connectivity index (χ3n) is 2.62. The van der Waals surface area contributed by atoms with E-state index in [0.717, 1.165) is 25.9 Å². The van der Waals surface area contributed by atoms with Gasteiger partial charge in [0.1, 0.15) is 1.41 Å². The first-order chi connectivity index (χ1) is 8.31. The molecule has 0 aromatic heterocycles. The quantitative estimate of drug-likeness (QED) is 0.269. The molecule has 96 valence electrons. The Kier molecular flexibility index (Phi) is 10.2. The summed E-state index contributed by atoms with van der Waals surface area (Å²) < 4.78 is 11.6. The second-order valence-electron chi connectivity index (χ2n) is 4.07. The summed E-state index contributed by atoms with van der Waals surface area (Å²) >= 11 is 0. The first-order valence-electron chi connectivity index (χ1n) is 6.86. The zero-order valence-electron chi connectivity index (χ0n) is 11.6. The van der Waals surface area contributed by atoms with E-state index in [1.54, 1.807) is 7.11 Å². The largest absolute Gasteiger partial charge is 0.439 e. The van der Waals surface area contributed by atoms with Gasteiger partial charge in [-0.3, -0.25) is 5.73 Å². The van der Waals surface area contributed by atoms with Crippen molar-refractivity contribution in [3.8, 4) is 0 Å². The maximum atomic E-state index is 6.78. The van der Waals surface area contributed by atoms with Crippen molar-refractivity contribution in [2.24, 2.45) is 11.5 Å². The fourth-order valence-electron chi connectivity index (χ4n) is 1.59. The fraction of sp³-hybridized carbons (Fsp3) is 0.917. The third kappa shape index (κ3) is 11.3. The minimum Gasteiger partial charge on any atom is -0.435 e. The van der Waals surface area contributed by atoms with Crippen LogP contribution in [0.3, 0.4) is 0 Å². The zero-order valence-corrected chi connectivity index (χ0v) is 10.6. The molecule has 4 heteroatoms. The maximum Gasteiger partial charge on any atom is 0.439 e. The van der Waals surface area contributed by atoms with Gasteiger partial charge >= 0.3 is 6.02 Å². The van der Waals surface area contributed by atoms with Gasteiger partial charge < -0.3 is 10.5 Å². The number of ether oxygens (including phenoxy) is 1. The van der Waals surface area contributed by atoms with Gasteiger partial charge in [0.15, 0.2) is 0 Å². The highest BCUT2D eigenvalue weighted by Gasteiger charge is 1.95. The SMILES string of the molecule is [3H]NCCCCCCCCCC[NH+]=C(N)OC. The molecule has 0 saturated carbocycles. The van der Waals surface area contributed by atoms with Gasteiger partial charge in [0, 0.05) is 0 Å². The van der Waals surface area contributed by atoms with Crippen molar-refractivity contribution in [1.82, 2.24) is 0 Å². The molecule has 0 heterocycles. The highest BCUT2D eigenvalue weighted by Crippen LogP contribution is 2.07. The summed E-state index contributed by atoms with van der Waals surface area (Å²) in [6.45, 7) is 1.72. The van der Waals surface area contributed by atoms with Crippen LogP contribution in [0.25, 0.3) is 0 Å². The molecule has 0 aliphatic carbocycles. The molecule has 0 radical (unpaired) electrons. The summed E-state index contributed by atoms with van der Waals surface area (Å²) in [6, 6.07) is 0.410. The highest BCUT2D eigenvalue weighted by atomic mass is 16.5. The maximum absolute atomic E-state index is 6.78. The number of hydrogen-bond acceptors (Lipinski definition) is 2. The van der Waals surface area contributed by atoms with Gasteiger partial charge in [0.25, 0.3) is 0 Å². The second kappa shape index (κ2) is 12.3. The lowest BCUT2D eigenvalue weighted by molar-refractivity contribution is -0.468. The summed E-state index contributed by atoms with van der Waals surface area (Å²) in [4.78, 5) is 3.01. The minimum absolute atomic E-state index is 0.410. The molecule has 0 aromatic rings. The number of amidine groups is 1. The molecule has 0 atom stereocenters. The van der Waals surface area contributed by atoms with Crippen molar-refractivity contribution in [2.75, 3.05) is 20.2 Å². The minimum atomic E-state index is 0.410. The summed E-state index contributed by atoms with van der Waals surface area (Å²) in [7, 11) is 1.57. The Morgan fingerprint density at radius 3 is 2.19 bits per heavy atom. The Hall–Kier alpha value is -0.770. The topological polar surface area (TPSA) is 75.2 Å². The lowest BCUT2D eigenvalue weighted by Gasteiger charge is -2.00. The monoisotopic (exact) mass is 232 g/mol. The lowest BCUT2D eigenvalue weighted by Crippen LogP contribution is -2.75. The van der Waals surface area contributed by atoms with E-state index in [1.165, 1.54) is 38.5 Å². The molecule has 0 spiro atoms. The van der Waals surface area contributed by atoms with Crippen molar-refractivity contribution in [3.63, 3.8) is 0 Å². The van der Waals surface area contributed by atoms with E-state index in [4.69, 9.17) is 11.9 Å². The molecule has 0 unspecified atom stereocenters. The van der Waals surface area contributed by atoms with Gasteiger partial charge in [-0.05, 0) is 25.8 Å². The van der Waals surface area contributed by atoms with E-state index >= 15 is 0 Å². The summed E-state index contributed by atoms with van der Waals surface area (Å²) in [5.41, 5.74) is 7.89. The molecule has 0 aromatic carbocycles. The number of unbranched alkanes of at least 4 members (excludes halogenated alkanes) is 7. The van der Waals surface area contributed by atoms with Crippen molar-refractivity contribution in [1.29, 1.82) is 0 Å². The van der Waals surface area contributed by atoms with Gasteiger partial charge in [0.05, 0.1) is 13.7 Å². The van der Waals surface area contributed by atoms with Gasteiger partial charge in [0.2, 0.25) is 0 Å². The molecule has 16 heavy (non-hydrogen) atoms. The summed E-state index contributed by atoms with van der Waals surface area (Å²) in [5.74, 6) is 0. The van der Waals surface area contributed by atoms with Crippen molar-refractivity contribution in [2.45, 2.75) is 51.4 Å². The molecule has 0 saturated heterocycles. The molecule has 4 nitrogen and oxygen atoms in total. The molecule has 0 aliphatic heterocycles. The van der Waals surface area contributed by atoms with Crippen LogP contribution in [0.4, 0.5) is 0 Å². The van der Waals surface area contributed by atoms with Gasteiger partial charge in [-0.25, -0.2) is 4.99 Å². The summed E-state index contributed by atoms with van der Waals surface area (Å²) in [6.07, 6.45) is 9.99. The van der Waals surface area contributed by atoms with Crippen LogP contribution in [0.5, 0.6) is 0 Å². The van der Waals surface area contributed by atoms with Crippen molar-refractivity contribution < 1.29 is 11.1 Å². The van der Waals surface area contributed by atoms with E-state index in [0.29, 0.717) is 6.02 Å². The van der Waals surface area contributed by atoms with Gasteiger partial charge in [-0.15, -0.1) is 0 Å². The fourth-order valence-corrected chi connectivity index (χ4v) is 1.59. The number of hydrogen-bond donors (Lipinski definition) is 3. The predicted molar refractivity (Wildman–Crippen MR) is 68.0 cm³/mol. The Labute approximate surface area is 101 Å². The van der Waals surface area contributed by atoms with E-state index < -0.39 is 0 Å². The van der Waals surface area contributed by atoms with Crippen LogP contribution in [0.15, 0.2) is 0 Å². The van der Waals surface area contributed by atoms with Crippen LogP contribution in [0, 0.1) is 0 Å². The number of nitrogens with one attached hydrogen (secondary N) is 1. The Balaban J connectivity index is 3.04. The van der Waals surface area contributed by atoms with E-state index in [9.17, 15) is 0 Å². The molecular formula is C12H28N3O+. The molecule has 0 rings (SSSR count). The predicted octanol–water partition coefficient (Wildman–Crippen LogP) is 0.108. The Bertz CT molecular complexity index is 189. The average Bonchev–Trinajstić information content (AvgIpc) is 2.35. The second-order valence-corrected chi connectivity index (χ2v) is 4.07. The first-order valence-corrected chi connectivity index (χ1v) is 6.36. The zero-order chi connectivity index (χ0) is 12.8. The van der Waals surface area contributed by atoms with Gasteiger partial charge in [-0.1, -0.05) is 32.1 Å². The molecular weight excluding hydrogens is 202 g/mol. The van der Waals surface area contributed by atoms with Crippen LogP contribution in [-0.2, 0) is 4.74 Å².